The second-order valence-corrected chi connectivity index (χ2v) is 4.26. The van der Waals surface area contributed by atoms with Crippen molar-refractivity contribution in [3.05, 3.63) is 35.4 Å². The van der Waals surface area contributed by atoms with E-state index in [0.717, 1.165) is 18.2 Å². The number of rotatable bonds is 8. The second-order valence-electron chi connectivity index (χ2n) is 4.26. The average Bonchev–Trinajstić information content (AvgIpc) is 2.39. The van der Waals surface area contributed by atoms with Crippen molar-refractivity contribution in [2.75, 3.05) is 32.8 Å². The number of halogens is 2. The van der Waals surface area contributed by atoms with E-state index in [1.807, 2.05) is 0 Å². The van der Waals surface area contributed by atoms with Crippen LogP contribution in [0.2, 0.25) is 0 Å². The van der Waals surface area contributed by atoms with Crippen LogP contribution in [-0.4, -0.2) is 53.1 Å². The summed E-state index contributed by atoms with van der Waals surface area (Å²) < 4.78 is 26.4. The molecule has 1 aromatic carbocycles. The molecule has 0 aliphatic rings. The van der Waals surface area contributed by atoms with Gasteiger partial charge in [-0.3, -0.25) is 4.90 Å². The maximum absolute atomic E-state index is 13.4. The molecule has 1 atom stereocenters. The largest absolute Gasteiger partial charge is 0.395 e. The van der Waals surface area contributed by atoms with E-state index in [0.29, 0.717) is 19.6 Å². The van der Waals surface area contributed by atoms with Crippen molar-refractivity contribution in [2.24, 2.45) is 0 Å². The first kappa shape index (κ1) is 16.0. The molecule has 19 heavy (non-hydrogen) atoms. The lowest BCUT2D eigenvalue weighted by Gasteiger charge is -2.22. The van der Waals surface area contributed by atoms with Gasteiger partial charge in [-0.15, -0.1) is 0 Å². The van der Waals surface area contributed by atoms with Crippen LogP contribution in [0.25, 0.3) is 0 Å². The number of nitrogens with zero attached hydrogens (tertiary/aromatic N) is 1. The van der Waals surface area contributed by atoms with Crippen LogP contribution in [-0.2, 0) is 0 Å². The Labute approximate surface area is 110 Å². The lowest BCUT2D eigenvalue weighted by Crippen LogP contribution is -2.31. The van der Waals surface area contributed by atoms with E-state index in [-0.39, 0.29) is 25.2 Å². The number of aliphatic hydroxyl groups excluding tert-OH is 3. The van der Waals surface area contributed by atoms with Gasteiger partial charge >= 0.3 is 0 Å². The Morgan fingerprint density at radius 3 is 2.26 bits per heavy atom. The lowest BCUT2D eigenvalue weighted by atomic mass is 10.1. The number of aliphatic hydroxyl groups is 3. The Kier molecular flexibility index (Phi) is 6.86. The van der Waals surface area contributed by atoms with Crippen molar-refractivity contribution in [1.29, 1.82) is 0 Å². The third kappa shape index (κ3) is 5.20. The van der Waals surface area contributed by atoms with E-state index in [2.05, 4.69) is 0 Å². The summed E-state index contributed by atoms with van der Waals surface area (Å²) in [6.07, 6.45) is -0.920. The van der Waals surface area contributed by atoms with Gasteiger partial charge in [0.2, 0.25) is 0 Å². The predicted octanol–water partition coefficient (Wildman–Crippen LogP) is 0.675. The molecular formula is C13H19F2NO3. The lowest BCUT2D eigenvalue weighted by molar-refractivity contribution is 0.116. The SMILES string of the molecule is OCCN(CCO)CCC(O)c1cc(F)ccc1F. The van der Waals surface area contributed by atoms with Gasteiger partial charge in [-0.25, -0.2) is 8.78 Å². The summed E-state index contributed by atoms with van der Waals surface area (Å²) in [6, 6.07) is 2.95. The summed E-state index contributed by atoms with van der Waals surface area (Å²) in [5.74, 6) is -1.25. The highest BCUT2D eigenvalue weighted by Gasteiger charge is 2.15. The van der Waals surface area contributed by atoms with Crippen LogP contribution in [0.15, 0.2) is 18.2 Å². The third-order valence-corrected chi connectivity index (χ3v) is 2.87. The molecule has 0 aliphatic carbocycles. The third-order valence-electron chi connectivity index (χ3n) is 2.87. The molecule has 0 bridgehead atoms. The van der Waals surface area contributed by atoms with Gasteiger partial charge in [0.25, 0.3) is 0 Å². The summed E-state index contributed by atoms with van der Waals surface area (Å²) in [6.45, 7) is 0.963. The second kappa shape index (κ2) is 8.16. The quantitative estimate of drug-likeness (QED) is 0.652. The highest BCUT2D eigenvalue weighted by molar-refractivity contribution is 5.21. The average molecular weight is 275 g/mol. The van der Waals surface area contributed by atoms with Crippen LogP contribution >= 0.6 is 0 Å². The van der Waals surface area contributed by atoms with Crippen molar-refractivity contribution < 1.29 is 24.1 Å². The summed E-state index contributed by atoms with van der Waals surface area (Å²) in [5, 5.41) is 27.5. The van der Waals surface area contributed by atoms with Crippen molar-refractivity contribution in [2.45, 2.75) is 12.5 Å². The zero-order valence-electron chi connectivity index (χ0n) is 10.6. The molecule has 0 heterocycles. The van der Waals surface area contributed by atoms with Crippen LogP contribution in [0.5, 0.6) is 0 Å². The Bertz CT molecular complexity index is 384. The minimum atomic E-state index is -1.12. The molecule has 1 unspecified atom stereocenters. The fourth-order valence-corrected chi connectivity index (χ4v) is 1.85. The molecule has 4 nitrogen and oxygen atoms in total. The molecule has 0 aromatic heterocycles. The molecule has 1 rings (SSSR count). The van der Waals surface area contributed by atoms with Crippen molar-refractivity contribution >= 4 is 0 Å². The molecule has 3 N–H and O–H groups in total. The van der Waals surface area contributed by atoms with E-state index in [1.165, 1.54) is 0 Å². The van der Waals surface area contributed by atoms with Crippen LogP contribution in [0.3, 0.4) is 0 Å². The molecular weight excluding hydrogens is 256 g/mol. The van der Waals surface area contributed by atoms with Crippen LogP contribution < -0.4 is 0 Å². The van der Waals surface area contributed by atoms with E-state index in [1.54, 1.807) is 4.90 Å². The first-order chi connectivity index (χ1) is 9.08. The summed E-state index contributed by atoms with van der Waals surface area (Å²) >= 11 is 0. The number of hydrogen-bond acceptors (Lipinski definition) is 4. The zero-order valence-corrected chi connectivity index (χ0v) is 10.6. The highest BCUT2D eigenvalue weighted by Crippen LogP contribution is 2.21. The number of benzene rings is 1. The summed E-state index contributed by atoms with van der Waals surface area (Å²) in [4.78, 5) is 1.74. The van der Waals surface area contributed by atoms with Gasteiger partial charge in [-0.1, -0.05) is 0 Å². The van der Waals surface area contributed by atoms with Gasteiger partial charge in [-0.05, 0) is 24.6 Å². The Hall–Kier alpha value is -1.08. The highest BCUT2D eigenvalue weighted by atomic mass is 19.1. The number of hydrogen-bond donors (Lipinski definition) is 3. The van der Waals surface area contributed by atoms with E-state index < -0.39 is 17.7 Å². The van der Waals surface area contributed by atoms with E-state index >= 15 is 0 Å². The fourth-order valence-electron chi connectivity index (χ4n) is 1.85. The Morgan fingerprint density at radius 2 is 1.68 bits per heavy atom. The topological polar surface area (TPSA) is 63.9 Å². The van der Waals surface area contributed by atoms with Gasteiger partial charge in [0.15, 0.2) is 0 Å². The first-order valence-corrected chi connectivity index (χ1v) is 6.15. The molecule has 0 radical (unpaired) electrons. The molecule has 0 fully saturated rings. The maximum atomic E-state index is 13.4. The molecule has 0 aliphatic heterocycles. The maximum Gasteiger partial charge on any atom is 0.129 e. The van der Waals surface area contributed by atoms with Gasteiger partial charge in [0, 0.05) is 25.2 Å². The standard InChI is InChI=1S/C13H19F2NO3/c14-10-1-2-12(15)11(9-10)13(19)3-4-16(5-7-17)6-8-18/h1-2,9,13,17-19H,3-8H2. The predicted molar refractivity (Wildman–Crippen MR) is 66.5 cm³/mol. The molecule has 1 aromatic rings. The molecule has 6 heteroatoms. The van der Waals surface area contributed by atoms with Gasteiger partial charge in [0.1, 0.15) is 11.6 Å². The van der Waals surface area contributed by atoms with Crippen LogP contribution in [0.1, 0.15) is 18.1 Å². The van der Waals surface area contributed by atoms with Gasteiger partial charge in [0.05, 0.1) is 19.3 Å². The Balaban J connectivity index is 2.58. The van der Waals surface area contributed by atoms with Crippen LogP contribution in [0.4, 0.5) is 8.78 Å². The summed E-state index contributed by atoms with van der Waals surface area (Å²) in [5.41, 5.74) is -0.0760. The molecule has 108 valence electrons. The van der Waals surface area contributed by atoms with Crippen molar-refractivity contribution in [3.8, 4) is 0 Å². The van der Waals surface area contributed by atoms with E-state index in [9.17, 15) is 13.9 Å². The smallest absolute Gasteiger partial charge is 0.129 e. The molecule has 0 amide bonds. The zero-order chi connectivity index (χ0) is 14.3. The molecule has 0 spiro atoms. The first-order valence-electron chi connectivity index (χ1n) is 6.15. The molecule has 0 saturated carbocycles. The van der Waals surface area contributed by atoms with Crippen LogP contribution in [0, 0.1) is 11.6 Å². The summed E-state index contributed by atoms with van der Waals surface area (Å²) in [7, 11) is 0. The van der Waals surface area contributed by atoms with Gasteiger partial charge in [-0.2, -0.15) is 0 Å². The monoisotopic (exact) mass is 275 g/mol. The molecule has 0 saturated heterocycles. The Morgan fingerprint density at radius 1 is 1.05 bits per heavy atom. The van der Waals surface area contributed by atoms with Crippen molar-refractivity contribution in [3.63, 3.8) is 0 Å². The normalized spacial score (nSPS) is 12.9. The minimum absolute atomic E-state index is 0.0651. The fraction of sp³-hybridized carbons (Fsp3) is 0.538. The van der Waals surface area contributed by atoms with E-state index in [4.69, 9.17) is 10.2 Å². The minimum Gasteiger partial charge on any atom is -0.395 e. The van der Waals surface area contributed by atoms with Crippen molar-refractivity contribution in [1.82, 2.24) is 4.90 Å². The van der Waals surface area contributed by atoms with Gasteiger partial charge < -0.3 is 15.3 Å².